The number of carbonyl (C=O) groups is 1. The van der Waals surface area contributed by atoms with E-state index in [0.717, 1.165) is 0 Å². The van der Waals surface area contributed by atoms with E-state index in [0.29, 0.717) is 12.3 Å². The number of urea groups is 1. The third-order valence-corrected chi connectivity index (χ3v) is 3.95. The SMILES string of the molecule is COc1ccc([N+](=O)[O-])cc1NC(=O)N[C@@H](Cn1ccnc1)C(C)(C)C. The zero-order valence-corrected chi connectivity index (χ0v) is 15.2. The Hall–Kier alpha value is -3.10. The third kappa shape index (κ3) is 4.95. The summed E-state index contributed by atoms with van der Waals surface area (Å²) in [6, 6.07) is 3.37. The molecule has 0 bridgehead atoms. The Morgan fingerprint density at radius 3 is 2.69 bits per heavy atom. The molecule has 0 spiro atoms. The molecule has 2 N–H and O–H groups in total. The zero-order chi connectivity index (χ0) is 19.3. The summed E-state index contributed by atoms with van der Waals surface area (Å²) >= 11 is 0. The molecule has 0 saturated carbocycles. The molecule has 0 aliphatic carbocycles. The first-order valence-electron chi connectivity index (χ1n) is 8.06. The van der Waals surface area contributed by atoms with Crippen molar-refractivity contribution >= 4 is 17.4 Å². The van der Waals surface area contributed by atoms with Crippen LogP contribution >= 0.6 is 0 Å². The lowest BCUT2D eigenvalue weighted by Crippen LogP contribution is -2.47. The van der Waals surface area contributed by atoms with Crippen LogP contribution in [0.5, 0.6) is 5.75 Å². The van der Waals surface area contributed by atoms with Gasteiger partial charge in [0.05, 0.1) is 30.1 Å². The highest BCUT2D eigenvalue weighted by molar-refractivity contribution is 5.91. The summed E-state index contributed by atoms with van der Waals surface area (Å²) in [5.74, 6) is 0.340. The molecule has 2 aromatic rings. The molecule has 9 nitrogen and oxygen atoms in total. The number of nitrogens with zero attached hydrogens (tertiary/aromatic N) is 3. The molecule has 0 aliphatic rings. The van der Waals surface area contributed by atoms with Gasteiger partial charge in [0.2, 0.25) is 0 Å². The molecule has 140 valence electrons. The molecule has 1 atom stereocenters. The number of carbonyl (C=O) groups excluding carboxylic acids is 1. The number of anilines is 1. The van der Waals surface area contributed by atoms with Gasteiger partial charge >= 0.3 is 6.03 Å². The van der Waals surface area contributed by atoms with Crippen LogP contribution in [0.2, 0.25) is 0 Å². The quantitative estimate of drug-likeness (QED) is 0.607. The molecule has 26 heavy (non-hydrogen) atoms. The minimum atomic E-state index is -0.528. The van der Waals surface area contributed by atoms with Crippen molar-refractivity contribution in [3.63, 3.8) is 0 Å². The molecule has 0 saturated heterocycles. The van der Waals surface area contributed by atoms with Crippen molar-refractivity contribution in [1.29, 1.82) is 0 Å². The number of non-ortho nitro benzene ring substituents is 1. The second-order valence-electron chi connectivity index (χ2n) is 6.92. The Labute approximate surface area is 151 Å². The Bertz CT molecular complexity index is 768. The van der Waals surface area contributed by atoms with Crippen LogP contribution < -0.4 is 15.4 Å². The van der Waals surface area contributed by atoms with Crippen molar-refractivity contribution in [3.05, 3.63) is 47.0 Å². The van der Waals surface area contributed by atoms with E-state index >= 15 is 0 Å². The minimum absolute atomic E-state index is 0.133. The van der Waals surface area contributed by atoms with Crippen LogP contribution in [-0.2, 0) is 6.54 Å². The average Bonchev–Trinajstić information content (AvgIpc) is 3.06. The molecule has 0 unspecified atom stereocenters. The fourth-order valence-electron chi connectivity index (χ4n) is 2.37. The summed E-state index contributed by atoms with van der Waals surface area (Å²) in [5.41, 5.74) is -0.115. The topological polar surface area (TPSA) is 111 Å². The Balaban J connectivity index is 2.15. The fraction of sp³-hybridized carbons (Fsp3) is 0.412. The Kier molecular flexibility index (Phi) is 5.81. The lowest BCUT2D eigenvalue weighted by molar-refractivity contribution is -0.384. The van der Waals surface area contributed by atoms with Crippen LogP contribution in [0.3, 0.4) is 0 Å². The van der Waals surface area contributed by atoms with E-state index in [-0.39, 0.29) is 22.8 Å². The highest BCUT2D eigenvalue weighted by Gasteiger charge is 2.27. The van der Waals surface area contributed by atoms with Crippen LogP contribution in [-0.4, -0.2) is 33.7 Å². The van der Waals surface area contributed by atoms with E-state index in [1.54, 1.807) is 12.5 Å². The second kappa shape index (κ2) is 7.85. The summed E-state index contributed by atoms with van der Waals surface area (Å²) < 4.78 is 7.04. The number of nitro groups is 1. The molecule has 1 aromatic carbocycles. The van der Waals surface area contributed by atoms with E-state index in [1.165, 1.54) is 25.3 Å². The zero-order valence-electron chi connectivity index (χ0n) is 15.2. The summed E-state index contributed by atoms with van der Waals surface area (Å²) in [6.45, 7) is 6.59. The van der Waals surface area contributed by atoms with Crippen molar-refractivity contribution in [2.75, 3.05) is 12.4 Å². The molecule has 0 radical (unpaired) electrons. The molecular formula is C17H23N5O4. The fourth-order valence-corrected chi connectivity index (χ4v) is 2.37. The molecule has 0 aliphatic heterocycles. The van der Waals surface area contributed by atoms with Crippen LogP contribution in [0.1, 0.15) is 20.8 Å². The van der Waals surface area contributed by atoms with Gasteiger partial charge in [-0.15, -0.1) is 0 Å². The van der Waals surface area contributed by atoms with Gasteiger partial charge in [-0.2, -0.15) is 0 Å². The number of rotatable bonds is 6. The number of benzene rings is 1. The van der Waals surface area contributed by atoms with Crippen LogP contribution in [0.25, 0.3) is 0 Å². The summed E-state index contributed by atoms with van der Waals surface area (Å²) in [5, 5.41) is 16.5. The number of imidazole rings is 1. The number of amides is 2. The van der Waals surface area contributed by atoms with E-state index in [2.05, 4.69) is 15.6 Å². The number of nitro benzene ring substituents is 1. The summed E-state index contributed by atoms with van der Waals surface area (Å²) in [6.07, 6.45) is 5.18. The van der Waals surface area contributed by atoms with Crippen molar-refractivity contribution in [2.24, 2.45) is 5.41 Å². The first kappa shape index (κ1) is 19.2. The maximum Gasteiger partial charge on any atom is 0.319 e. The number of nitrogens with one attached hydrogen (secondary N) is 2. The van der Waals surface area contributed by atoms with Gasteiger partial charge in [-0.3, -0.25) is 10.1 Å². The third-order valence-electron chi connectivity index (χ3n) is 3.95. The van der Waals surface area contributed by atoms with Gasteiger partial charge in [0, 0.05) is 31.1 Å². The van der Waals surface area contributed by atoms with Crippen LogP contribution in [0.15, 0.2) is 36.9 Å². The van der Waals surface area contributed by atoms with Crippen molar-refractivity contribution < 1.29 is 14.5 Å². The Morgan fingerprint density at radius 1 is 1.42 bits per heavy atom. The van der Waals surface area contributed by atoms with E-state index in [9.17, 15) is 14.9 Å². The van der Waals surface area contributed by atoms with Gasteiger partial charge in [0.15, 0.2) is 0 Å². The van der Waals surface area contributed by atoms with Gasteiger partial charge in [0.1, 0.15) is 5.75 Å². The lowest BCUT2D eigenvalue weighted by atomic mass is 9.86. The maximum atomic E-state index is 12.5. The number of ether oxygens (including phenoxy) is 1. The van der Waals surface area contributed by atoms with Crippen molar-refractivity contribution in [2.45, 2.75) is 33.4 Å². The number of methoxy groups -OCH3 is 1. The monoisotopic (exact) mass is 361 g/mol. The lowest BCUT2D eigenvalue weighted by Gasteiger charge is -2.31. The summed E-state index contributed by atoms with van der Waals surface area (Å²) in [4.78, 5) is 26.9. The van der Waals surface area contributed by atoms with E-state index < -0.39 is 11.0 Å². The maximum absolute atomic E-state index is 12.5. The van der Waals surface area contributed by atoms with Crippen molar-refractivity contribution in [1.82, 2.24) is 14.9 Å². The predicted molar refractivity (Wildman–Crippen MR) is 97.3 cm³/mol. The van der Waals surface area contributed by atoms with Gasteiger partial charge in [-0.05, 0) is 11.5 Å². The van der Waals surface area contributed by atoms with Gasteiger partial charge in [-0.25, -0.2) is 9.78 Å². The molecule has 1 heterocycles. The summed E-state index contributed by atoms with van der Waals surface area (Å²) in [7, 11) is 1.43. The normalized spacial score (nSPS) is 12.3. The van der Waals surface area contributed by atoms with Gasteiger partial charge in [-0.1, -0.05) is 20.8 Å². The molecule has 2 amide bonds. The first-order chi connectivity index (χ1) is 12.2. The van der Waals surface area contributed by atoms with Crippen LogP contribution in [0, 0.1) is 15.5 Å². The molecule has 1 aromatic heterocycles. The number of hydrogen-bond acceptors (Lipinski definition) is 5. The van der Waals surface area contributed by atoms with Gasteiger partial charge < -0.3 is 19.9 Å². The average molecular weight is 361 g/mol. The largest absolute Gasteiger partial charge is 0.495 e. The highest BCUT2D eigenvalue weighted by atomic mass is 16.6. The number of hydrogen-bond donors (Lipinski definition) is 2. The van der Waals surface area contributed by atoms with Gasteiger partial charge in [0.25, 0.3) is 5.69 Å². The number of aromatic nitrogens is 2. The standard InChI is InChI=1S/C17H23N5O4/c1-17(2,3)15(10-21-8-7-18-11-21)20-16(23)19-13-9-12(22(24)25)5-6-14(13)26-4/h5-9,11,15H,10H2,1-4H3,(H2,19,20,23)/t15-/m0/s1. The smallest absolute Gasteiger partial charge is 0.319 e. The molecule has 2 rings (SSSR count). The molecule has 9 heteroatoms. The highest BCUT2D eigenvalue weighted by Crippen LogP contribution is 2.29. The molecule has 0 fully saturated rings. The molecular weight excluding hydrogens is 338 g/mol. The van der Waals surface area contributed by atoms with Crippen LogP contribution in [0.4, 0.5) is 16.2 Å². The van der Waals surface area contributed by atoms with E-state index in [4.69, 9.17) is 4.74 Å². The van der Waals surface area contributed by atoms with Crippen molar-refractivity contribution in [3.8, 4) is 5.75 Å². The first-order valence-corrected chi connectivity index (χ1v) is 8.06. The second-order valence-corrected chi connectivity index (χ2v) is 6.92. The van der Waals surface area contributed by atoms with E-state index in [1.807, 2.05) is 31.5 Å². The minimum Gasteiger partial charge on any atom is -0.495 e. The Morgan fingerprint density at radius 2 is 2.15 bits per heavy atom. The predicted octanol–water partition coefficient (Wildman–Crippen LogP) is 3.04.